The van der Waals surface area contributed by atoms with E-state index in [4.69, 9.17) is 16.2 Å². The normalized spacial score (nSPS) is 18.9. The molecule has 3 heteroatoms. The standard InChI is InChI=1S/C15H18N2O/c1-2-3-12-11(4-5-13-14(12)18-13)10-6-8-15(16,17)9-7-10/h4-8H,2-3,9,16-17H2,1H3. The molecular weight excluding hydrogens is 224 g/mol. The Labute approximate surface area is 107 Å². The van der Waals surface area contributed by atoms with E-state index in [1.165, 1.54) is 16.7 Å². The van der Waals surface area contributed by atoms with E-state index in [9.17, 15) is 0 Å². The van der Waals surface area contributed by atoms with Crippen molar-refractivity contribution in [3.63, 3.8) is 0 Å². The average molecular weight is 242 g/mol. The first-order valence-electron chi connectivity index (χ1n) is 6.42. The number of nitrogens with two attached hydrogens (primary N) is 2. The van der Waals surface area contributed by atoms with Gasteiger partial charge in [0.2, 0.25) is 0 Å². The average Bonchev–Trinajstić information content (AvgIpc) is 3.10. The third-order valence-electron chi connectivity index (χ3n) is 3.45. The van der Waals surface area contributed by atoms with Crippen LogP contribution in [0.5, 0.6) is 11.5 Å². The van der Waals surface area contributed by atoms with Crippen LogP contribution in [-0.4, -0.2) is 5.66 Å². The lowest BCUT2D eigenvalue weighted by Crippen LogP contribution is -2.47. The van der Waals surface area contributed by atoms with Crippen LogP contribution in [0.15, 0.2) is 30.4 Å². The molecule has 18 heavy (non-hydrogen) atoms. The third kappa shape index (κ3) is 1.96. The second-order valence-corrected chi connectivity index (χ2v) is 5.08. The van der Waals surface area contributed by atoms with Gasteiger partial charge in [0.1, 0.15) is 0 Å². The van der Waals surface area contributed by atoms with Crippen molar-refractivity contribution in [1.29, 1.82) is 0 Å². The van der Waals surface area contributed by atoms with Crippen molar-refractivity contribution in [2.75, 3.05) is 0 Å². The maximum absolute atomic E-state index is 5.88. The van der Waals surface area contributed by atoms with Gasteiger partial charge in [0.25, 0.3) is 0 Å². The molecular formula is C15H18N2O. The zero-order valence-electron chi connectivity index (χ0n) is 10.6. The van der Waals surface area contributed by atoms with Crippen LogP contribution < -0.4 is 16.2 Å². The van der Waals surface area contributed by atoms with E-state index >= 15 is 0 Å². The van der Waals surface area contributed by atoms with Gasteiger partial charge < -0.3 is 16.2 Å². The molecule has 2 aliphatic rings. The zero-order valence-corrected chi connectivity index (χ0v) is 10.6. The fraction of sp³-hybridized carbons (Fsp3) is 0.333. The first kappa shape index (κ1) is 11.5. The molecule has 0 aromatic heterocycles. The van der Waals surface area contributed by atoms with Crippen LogP contribution in [0.25, 0.3) is 5.57 Å². The van der Waals surface area contributed by atoms with Crippen molar-refractivity contribution in [1.82, 2.24) is 0 Å². The Morgan fingerprint density at radius 2 is 2.17 bits per heavy atom. The topological polar surface area (TPSA) is 64.6 Å². The summed E-state index contributed by atoms with van der Waals surface area (Å²) < 4.78 is 5.49. The monoisotopic (exact) mass is 242 g/mol. The smallest absolute Gasteiger partial charge is 0.173 e. The maximum atomic E-state index is 5.88. The quantitative estimate of drug-likeness (QED) is 0.642. The first-order valence-corrected chi connectivity index (χ1v) is 6.42. The number of allylic oxidation sites excluding steroid dienone is 2. The van der Waals surface area contributed by atoms with Gasteiger partial charge in [-0.25, -0.2) is 0 Å². The van der Waals surface area contributed by atoms with Gasteiger partial charge in [0, 0.05) is 12.0 Å². The Bertz CT molecular complexity index is 556. The minimum absolute atomic E-state index is 0.669. The lowest BCUT2D eigenvalue weighted by molar-refractivity contribution is 0.558. The van der Waals surface area contributed by atoms with Gasteiger partial charge in [0.15, 0.2) is 11.5 Å². The van der Waals surface area contributed by atoms with Crippen molar-refractivity contribution in [2.45, 2.75) is 31.8 Å². The molecule has 0 radical (unpaired) electrons. The summed E-state index contributed by atoms with van der Waals surface area (Å²) >= 11 is 0. The molecule has 94 valence electrons. The summed E-state index contributed by atoms with van der Waals surface area (Å²) in [5.41, 5.74) is 14.8. The molecule has 1 aromatic carbocycles. The van der Waals surface area contributed by atoms with Gasteiger partial charge in [0.05, 0.1) is 5.66 Å². The molecule has 4 N–H and O–H groups in total. The summed E-state index contributed by atoms with van der Waals surface area (Å²) in [5.74, 6) is 2.09. The predicted octanol–water partition coefficient (Wildman–Crippen LogP) is 2.70. The Morgan fingerprint density at radius 1 is 1.33 bits per heavy atom. The van der Waals surface area contributed by atoms with Crippen molar-refractivity contribution in [3.8, 4) is 11.5 Å². The highest BCUT2D eigenvalue weighted by atomic mass is 16.6. The number of hydrogen-bond donors (Lipinski definition) is 2. The van der Waals surface area contributed by atoms with Crippen LogP contribution in [0.3, 0.4) is 0 Å². The van der Waals surface area contributed by atoms with Gasteiger partial charge in [-0.3, -0.25) is 0 Å². The number of fused-ring (bicyclic) bond motifs is 1. The Kier molecular flexibility index (Phi) is 2.54. The van der Waals surface area contributed by atoms with Gasteiger partial charge in [-0.2, -0.15) is 0 Å². The second kappa shape index (κ2) is 3.97. The minimum Gasteiger partial charge on any atom is -0.449 e. The molecule has 0 atom stereocenters. The van der Waals surface area contributed by atoms with Crippen molar-refractivity contribution < 1.29 is 4.74 Å². The van der Waals surface area contributed by atoms with E-state index in [2.05, 4.69) is 19.1 Å². The number of hydrogen-bond acceptors (Lipinski definition) is 3. The molecule has 1 aliphatic carbocycles. The molecule has 0 fully saturated rings. The van der Waals surface area contributed by atoms with E-state index in [1.54, 1.807) is 0 Å². The lowest BCUT2D eigenvalue weighted by atomic mass is 9.90. The van der Waals surface area contributed by atoms with Gasteiger partial charge in [-0.1, -0.05) is 31.6 Å². The van der Waals surface area contributed by atoms with E-state index < -0.39 is 5.66 Å². The van der Waals surface area contributed by atoms with Crippen LogP contribution in [0.1, 0.15) is 30.9 Å². The summed E-state index contributed by atoms with van der Waals surface area (Å²) in [5, 5.41) is 0. The zero-order chi connectivity index (χ0) is 12.8. The van der Waals surface area contributed by atoms with E-state index in [-0.39, 0.29) is 0 Å². The SMILES string of the molecule is CCCc1c(C2=CCC(N)(N)C=C2)ccc2c1O2. The summed E-state index contributed by atoms with van der Waals surface area (Å²) in [6.45, 7) is 2.18. The maximum Gasteiger partial charge on any atom is 0.173 e. The summed E-state index contributed by atoms with van der Waals surface area (Å²) in [6.07, 6.45) is 8.84. The Morgan fingerprint density at radius 3 is 2.83 bits per heavy atom. The highest BCUT2D eigenvalue weighted by Gasteiger charge is 2.27. The van der Waals surface area contributed by atoms with Crippen LogP contribution in [-0.2, 0) is 6.42 Å². The van der Waals surface area contributed by atoms with Crippen LogP contribution in [0, 0.1) is 0 Å². The van der Waals surface area contributed by atoms with Crippen LogP contribution >= 0.6 is 0 Å². The van der Waals surface area contributed by atoms with Crippen molar-refractivity contribution >= 4 is 5.57 Å². The Hall–Kier alpha value is -1.58. The summed E-state index contributed by atoms with van der Waals surface area (Å²) in [7, 11) is 0. The predicted molar refractivity (Wildman–Crippen MR) is 73.4 cm³/mol. The highest BCUT2D eigenvalue weighted by Crippen LogP contribution is 2.51. The third-order valence-corrected chi connectivity index (χ3v) is 3.45. The molecule has 3 rings (SSSR count). The molecule has 1 heterocycles. The number of ether oxygens (including phenoxy) is 1. The molecule has 0 unspecified atom stereocenters. The Balaban J connectivity index is 1.97. The molecule has 1 aliphatic heterocycles. The highest BCUT2D eigenvalue weighted by molar-refractivity contribution is 5.81. The van der Waals surface area contributed by atoms with Crippen LogP contribution in [0.2, 0.25) is 0 Å². The minimum atomic E-state index is -0.701. The first-order chi connectivity index (χ1) is 8.61. The van der Waals surface area contributed by atoms with Gasteiger partial charge in [-0.15, -0.1) is 0 Å². The fourth-order valence-electron chi connectivity index (χ4n) is 2.42. The van der Waals surface area contributed by atoms with E-state index in [0.717, 1.165) is 24.3 Å². The van der Waals surface area contributed by atoms with Crippen molar-refractivity contribution in [2.24, 2.45) is 11.5 Å². The second-order valence-electron chi connectivity index (χ2n) is 5.08. The van der Waals surface area contributed by atoms with Crippen molar-refractivity contribution in [3.05, 3.63) is 41.5 Å². The van der Waals surface area contributed by atoms with E-state index in [0.29, 0.717) is 6.42 Å². The molecule has 0 saturated carbocycles. The molecule has 1 aromatic rings. The summed E-state index contributed by atoms with van der Waals surface area (Å²) in [4.78, 5) is 0. The van der Waals surface area contributed by atoms with Crippen LogP contribution in [0.4, 0.5) is 0 Å². The summed E-state index contributed by atoms with van der Waals surface area (Å²) in [6, 6.07) is 4.16. The molecule has 0 saturated heterocycles. The molecule has 0 amide bonds. The number of rotatable bonds is 3. The number of benzene rings is 1. The molecule has 0 bridgehead atoms. The molecule has 0 spiro atoms. The lowest BCUT2D eigenvalue weighted by Gasteiger charge is -2.23. The molecule has 3 nitrogen and oxygen atoms in total. The van der Waals surface area contributed by atoms with E-state index in [1.807, 2.05) is 18.2 Å². The fourth-order valence-corrected chi connectivity index (χ4v) is 2.42. The van der Waals surface area contributed by atoms with Gasteiger partial charge in [-0.05, 0) is 29.7 Å². The van der Waals surface area contributed by atoms with Gasteiger partial charge >= 0.3 is 0 Å². The largest absolute Gasteiger partial charge is 0.449 e.